The van der Waals surface area contributed by atoms with Crippen molar-refractivity contribution in [3.63, 3.8) is 0 Å². The van der Waals surface area contributed by atoms with Gasteiger partial charge >= 0.3 is 0 Å². The number of rotatable bonds is 5. The van der Waals surface area contributed by atoms with Crippen LogP contribution in [0.1, 0.15) is 44.7 Å². The van der Waals surface area contributed by atoms with Crippen LogP contribution in [0.4, 0.5) is 23.1 Å². The van der Waals surface area contributed by atoms with Gasteiger partial charge < -0.3 is 15.1 Å². The van der Waals surface area contributed by atoms with E-state index in [-0.39, 0.29) is 11.9 Å². The molecule has 2 aliphatic rings. The molecule has 0 saturated carbocycles. The standard InChI is InChI=1S/C26H30N6O/c1-3-14-32-23-17-28-26(30-24(23)31-15-6-4-5-7-22(31)25(32)33)29-21-10-8-19(9-11-21)20-12-13-27-18(2)16-20/h8-13,16-17,22H,3-7,14-15H2,1-2H3,(H,28,29,30). The molecule has 7 heteroatoms. The van der Waals surface area contributed by atoms with Crippen LogP contribution in [0.5, 0.6) is 0 Å². The number of carbonyl (C=O) groups excluding carboxylic acids is 1. The Morgan fingerprint density at radius 1 is 1.06 bits per heavy atom. The lowest BCUT2D eigenvalue weighted by Gasteiger charge is -2.41. The highest BCUT2D eigenvalue weighted by Crippen LogP contribution is 2.38. The van der Waals surface area contributed by atoms with Crippen LogP contribution < -0.4 is 15.1 Å². The molecule has 2 aromatic heterocycles. The molecule has 1 fully saturated rings. The van der Waals surface area contributed by atoms with E-state index in [0.717, 1.165) is 72.7 Å². The Morgan fingerprint density at radius 3 is 2.70 bits per heavy atom. The van der Waals surface area contributed by atoms with Crippen molar-refractivity contribution in [1.82, 2.24) is 15.0 Å². The average molecular weight is 443 g/mol. The highest BCUT2D eigenvalue weighted by atomic mass is 16.2. The maximum absolute atomic E-state index is 13.2. The summed E-state index contributed by atoms with van der Waals surface area (Å²) in [6.45, 7) is 5.65. The molecule has 0 spiro atoms. The van der Waals surface area contributed by atoms with E-state index < -0.39 is 0 Å². The summed E-state index contributed by atoms with van der Waals surface area (Å²) in [5.41, 5.74) is 5.04. The van der Waals surface area contributed by atoms with Gasteiger partial charge in [-0.2, -0.15) is 4.98 Å². The molecular formula is C26H30N6O. The van der Waals surface area contributed by atoms with Crippen molar-refractivity contribution < 1.29 is 4.79 Å². The minimum absolute atomic E-state index is 0.114. The lowest BCUT2D eigenvalue weighted by atomic mass is 10.1. The number of nitrogens with one attached hydrogen (secondary N) is 1. The minimum atomic E-state index is -0.114. The summed E-state index contributed by atoms with van der Waals surface area (Å²) >= 11 is 0. The van der Waals surface area contributed by atoms with Gasteiger partial charge in [-0.1, -0.05) is 31.9 Å². The van der Waals surface area contributed by atoms with Crippen LogP contribution in [-0.2, 0) is 4.79 Å². The monoisotopic (exact) mass is 442 g/mol. The smallest absolute Gasteiger partial charge is 0.249 e. The molecule has 7 nitrogen and oxygen atoms in total. The van der Waals surface area contributed by atoms with Crippen molar-refractivity contribution in [2.24, 2.45) is 0 Å². The van der Waals surface area contributed by atoms with Gasteiger partial charge in [0.1, 0.15) is 11.7 Å². The normalized spacial score (nSPS) is 17.9. The molecule has 1 atom stereocenters. The van der Waals surface area contributed by atoms with Crippen LogP contribution in [0, 0.1) is 6.92 Å². The van der Waals surface area contributed by atoms with Crippen molar-refractivity contribution in [1.29, 1.82) is 0 Å². The zero-order valence-corrected chi connectivity index (χ0v) is 19.3. The largest absolute Gasteiger partial charge is 0.343 e. The topological polar surface area (TPSA) is 74.2 Å². The first-order valence-electron chi connectivity index (χ1n) is 11.9. The maximum atomic E-state index is 13.2. The van der Waals surface area contributed by atoms with Crippen LogP contribution in [0.25, 0.3) is 11.1 Å². The second-order valence-electron chi connectivity index (χ2n) is 8.84. The van der Waals surface area contributed by atoms with Crippen LogP contribution in [0.3, 0.4) is 0 Å². The number of hydrogen-bond donors (Lipinski definition) is 1. The van der Waals surface area contributed by atoms with Gasteiger partial charge in [-0.3, -0.25) is 9.78 Å². The first-order valence-corrected chi connectivity index (χ1v) is 11.9. The molecule has 0 radical (unpaired) electrons. The molecule has 170 valence electrons. The van der Waals surface area contributed by atoms with Crippen LogP contribution in [0.15, 0.2) is 48.8 Å². The Balaban J connectivity index is 1.42. The van der Waals surface area contributed by atoms with Gasteiger partial charge in [0.05, 0.1) is 6.20 Å². The molecular weight excluding hydrogens is 412 g/mol. The number of benzene rings is 1. The van der Waals surface area contributed by atoms with E-state index in [1.54, 1.807) is 6.20 Å². The first-order chi connectivity index (χ1) is 16.1. The number of fused-ring (bicyclic) bond motifs is 3. The summed E-state index contributed by atoms with van der Waals surface area (Å²) in [5.74, 6) is 1.61. The van der Waals surface area contributed by atoms with E-state index >= 15 is 0 Å². The molecule has 1 unspecified atom stereocenters. The molecule has 2 aliphatic heterocycles. The van der Waals surface area contributed by atoms with E-state index in [9.17, 15) is 4.79 Å². The third-order valence-electron chi connectivity index (χ3n) is 6.44. The zero-order valence-electron chi connectivity index (χ0n) is 19.3. The van der Waals surface area contributed by atoms with Crippen molar-refractivity contribution in [2.45, 2.75) is 52.0 Å². The molecule has 0 bridgehead atoms. The third-order valence-corrected chi connectivity index (χ3v) is 6.44. The Hall–Kier alpha value is -3.48. The molecule has 5 rings (SSSR count). The molecule has 1 aromatic carbocycles. The van der Waals surface area contributed by atoms with Gasteiger partial charge in [-0.25, -0.2) is 4.98 Å². The number of hydrogen-bond acceptors (Lipinski definition) is 6. The number of pyridine rings is 1. The predicted octanol–water partition coefficient (Wildman–Crippen LogP) is 5.10. The van der Waals surface area contributed by atoms with E-state index in [1.807, 2.05) is 36.2 Å². The average Bonchev–Trinajstić information content (AvgIpc) is 3.09. The molecule has 0 aliphatic carbocycles. The number of amides is 1. The van der Waals surface area contributed by atoms with Gasteiger partial charge in [0.2, 0.25) is 11.9 Å². The highest BCUT2D eigenvalue weighted by Gasteiger charge is 2.39. The summed E-state index contributed by atoms with van der Waals surface area (Å²) in [5, 5.41) is 3.35. The highest BCUT2D eigenvalue weighted by molar-refractivity contribution is 6.04. The molecule has 33 heavy (non-hydrogen) atoms. The Labute approximate surface area is 194 Å². The summed E-state index contributed by atoms with van der Waals surface area (Å²) in [7, 11) is 0. The Bertz CT molecular complexity index is 1150. The summed E-state index contributed by atoms with van der Waals surface area (Å²) in [4.78, 5) is 31.0. The van der Waals surface area contributed by atoms with Crippen molar-refractivity contribution in [2.75, 3.05) is 28.2 Å². The van der Waals surface area contributed by atoms with E-state index in [2.05, 4.69) is 45.3 Å². The van der Waals surface area contributed by atoms with Gasteiger partial charge in [-0.05, 0) is 61.6 Å². The number of aromatic nitrogens is 3. The van der Waals surface area contributed by atoms with E-state index in [0.29, 0.717) is 12.5 Å². The lowest BCUT2D eigenvalue weighted by Crippen LogP contribution is -2.54. The zero-order chi connectivity index (χ0) is 22.8. The molecule has 1 amide bonds. The summed E-state index contributed by atoms with van der Waals surface area (Å²) < 4.78 is 0. The summed E-state index contributed by atoms with van der Waals surface area (Å²) in [6, 6.07) is 12.2. The quantitative estimate of drug-likeness (QED) is 0.593. The van der Waals surface area contributed by atoms with Crippen molar-refractivity contribution >= 4 is 29.0 Å². The molecule has 4 heterocycles. The van der Waals surface area contributed by atoms with E-state index in [4.69, 9.17) is 4.98 Å². The van der Waals surface area contributed by atoms with Gasteiger partial charge in [0.25, 0.3) is 0 Å². The van der Waals surface area contributed by atoms with Crippen molar-refractivity contribution in [3.05, 3.63) is 54.5 Å². The van der Waals surface area contributed by atoms with Crippen LogP contribution in [-0.4, -0.2) is 40.0 Å². The number of aryl methyl sites for hydroxylation is 1. The van der Waals surface area contributed by atoms with Gasteiger partial charge in [0, 0.05) is 30.7 Å². The number of anilines is 4. The van der Waals surface area contributed by atoms with Crippen molar-refractivity contribution in [3.8, 4) is 11.1 Å². The predicted molar refractivity (Wildman–Crippen MR) is 132 cm³/mol. The third kappa shape index (κ3) is 4.27. The fourth-order valence-electron chi connectivity index (χ4n) is 4.80. The minimum Gasteiger partial charge on any atom is -0.343 e. The Morgan fingerprint density at radius 2 is 1.91 bits per heavy atom. The summed E-state index contributed by atoms with van der Waals surface area (Å²) in [6.07, 6.45) is 8.75. The fraction of sp³-hybridized carbons (Fsp3) is 0.385. The van der Waals surface area contributed by atoms with Crippen LogP contribution >= 0.6 is 0 Å². The van der Waals surface area contributed by atoms with Gasteiger partial charge in [-0.15, -0.1) is 0 Å². The molecule has 1 saturated heterocycles. The number of nitrogens with zero attached hydrogens (tertiary/aromatic N) is 5. The number of carbonyl (C=O) groups is 1. The molecule has 3 aromatic rings. The van der Waals surface area contributed by atoms with Gasteiger partial charge in [0.15, 0.2) is 5.82 Å². The second kappa shape index (κ2) is 9.17. The fourth-order valence-corrected chi connectivity index (χ4v) is 4.80. The Kier molecular flexibility index (Phi) is 5.94. The second-order valence-corrected chi connectivity index (χ2v) is 8.84. The SMILES string of the molecule is CCCN1C(=O)C2CCCCCN2c2nc(Nc3ccc(-c4ccnc(C)c4)cc3)ncc21. The molecule has 1 N–H and O–H groups in total. The van der Waals surface area contributed by atoms with Crippen LogP contribution in [0.2, 0.25) is 0 Å². The maximum Gasteiger partial charge on any atom is 0.249 e. The van der Waals surface area contributed by atoms with E-state index in [1.165, 1.54) is 0 Å². The first kappa shape index (κ1) is 21.4. The lowest BCUT2D eigenvalue weighted by molar-refractivity contribution is -0.120.